The van der Waals surface area contributed by atoms with Crippen LogP contribution in [0, 0.1) is 6.92 Å². The van der Waals surface area contributed by atoms with Gasteiger partial charge in [-0.25, -0.2) is 0 Å². The van der Waals surface area contributed by atoms with Crippen LogP contribution in [0.1, 0.15) is 16.8 Å². The maximum Gasteiger partial charge on any atom is 0.416 e. The summed E-state index contributed by atoms with van der Waals surface area (Å²) in [4.78, 5) is 0. The van der Waals surface area contributed by atoms with Gasteiger partial charge in [0.1, 0.15) is 0 Å². The van der Waals surface area contributed by atoms with E-state index in [0.717, 1.165) is 29.1 Å². The molecule has 3 rings (SSSR count). The fraction of sp³-hybridized carbons (Fsp3) is 0.167. The average Bonchev–Trinajstić information content (AvgIpc) is 2.91. The maximum absolute atomic E-state index is 12.7. The Morgan fingerprint density at radius 1 is 0.960 bits per heavy atom. The van der Waals surface area contributed by atoms with Gasteiger partial charge in [0.2, 0.25) is 0 Å². The molecule has 2 nitrogen and oxygen atoms in total. The quantitative estimate of drug-likeness (QED) is 0.523. The molecule has 0 N–H and O–H groups in total. The zero-order valence-electron chi connectivity index (χ0n) is 13.1. The summed E-state index contributed by atoms with van der Waals surface area (Å²) < 4.78 is 39.9. The first-order valence-electron chi connectivity index (χ1n) is 7.40. The van der Waals surface area contributed by atoms with Crippen molar-refractivity contribution in [1.29, 1.82) is 0 Å². The Balaban J connectivity index is 1.94. The number of hydrogen-bond acceptors (Lipinski definition) is 1. The number of aromatic nitrogens is 2. The van der Waals surface area contributed by atoms with Crippen molar-refractivity contribution >= 4 is 23.2 Å². The van der Waals surface area contributed by atoms with Gasteiger partial charge in [-0.2, -0.15) is 18.3 Å². The Labute approximate surface area is 152 Å². The van der Waals surface area contributed by atoms with Gasteiger partial charge in [-0.3, -0.25) is 4.68 Å². The van der Waals surface area contributed by atoms with Crippen LogP contribution in [0.15, 0.2) is 48.5 Å². The number of hydrogen-bond donors (Lipinski definition) is 0. The van der Waals surface area contributed by atoms with Crippen LogP contribution in [-0.4, -0.2) is 9.78 Å². The molecule has 0 amide bonds. The first-order chi connectivity index (χ1) is 11.7. The minimum absolute atomic E-state index is 0.432. The molecule has 25 heavy (non-hydrogen) atoms. The van der Waals surface area contributed by atoms with Crippen LogP contribution >= 0.6 is 23.2 Å². The molecule has 0 spiro atoms. The highest BCUT2D eigenvalue weighted by Gasteiger charge is 2.30. The van der Waals surface area contributed by atoms with Gasteiger partial charge in [0.05, 0.1) is 33.5 Å². The zero-order chi connectivity index (χ0) is 18.2. The summed E-state index contributed by atoms with van der Waals surface area (Å²) in [6.45, 7) is 2.26. The predicted molar refractivity (Wildman–Crippen MR) is 93.0 cm³/mol. The lowest BCUT2D eigenvalue weighted by Gasteiger charge is -2.10. The number of halogens is 5. The van der Waals surface area contributed by atoms with E-state index in [9.17, 15) is 13.2 Å². The third-order valence-electron chi connectivity index (χ3n) is 3.73. The van der Waals surface area contributed by atoms with Crippen molar-refractivity contribution in [3.8, 4) is 11.3 Å². The highest BCUT2D eigenvalue weighted by molar-refractivity contribution is 6.42. The second-order valence-corrected chi connectivity index (χ2v) is 6.47. The monoisotopic (exact) mass is 384 g/mol. The molecule has 0 bridgehead atoms. The van der Waals surface area contributed by atoms with Crippen molar-refractivity contribution in [1.82, 2.24) is 9.78 Å². The summed E-state index contributed by atoms with van der Waals surface area (Å²) in [6, 6.07) is 12.2. The summed E-state index contributed by atoms with van der Waals surface area (Å²) in [5.74, 6) is 0. The third kappa shape index (κ3) is 3.99. The van der Waals surface area contributed by atoms with Crippen LogP contribution in [0.5, 0.6) is 0 Å². The van der Waals surface area contributed by atoms with Crippen LogP contribution in [0.4, 0.5) is 13.2 Å². The van der Waals surface area contributed by atoms with Gasteiger partial charge >= 0.3 is 6.18 Å². The van der Waals surface area contributed by atoms with Crippen molar-refractivity contribution in [2.45, 2.75) is 19.6 Å². The molecule has 0 aliphatic heterocycles. The molecule has 7 heteroatoms. The molecule has 1 aromatic heterocycles. The summed E-state index contributed by atoms with van der Waals surface area (Å²) in [7, 11) is 0. The number of rotatable bonds is 3. The SMILES string of the molecule is Cc1cc(-c2ccc(C(F)(F)F)cc2)n(Cc2ccc(Cl)c(Cl)c2)n1. The average molecular weight is 385 g/mol. The fourth-order valence-electron chi connectivity index (χ4n) is 2.54. The van der Waals surface area contributed by atoms with E-state index in [1.165, 1.54) is 12.1 Å². The van der Waals surface area contributed by atoms with E-state index in [4.69, 9.17) is 23.2 Å². The van der Waals surface area contributed by atoms with Crippen LogP contribution in [0.25, 0.3) is 11.3 Å². The van der Waals surface area contributed by atoms with Crippen molar-refractivity contribution < 1.29 is 13.2 Å². The molecule has 0 fully saturated rings. The minimum Gasteiger partial charge on any atom is -0.260 e. The van der Waals surface area contributed by atoms with Gasteiger partial charge in [-0.15, -0.1) is 0 Å². The van der Waals surface area contributed by atoms with Crippen molar-refractivity contribution in [2.75, 3.05) is 0 Å². The standard InChI is InChI=1S/C18H13Cl2F3N2/c1-11-8-17(13-3-5-14(6-4-13)18(21,22)23)25(24-11)10-12-2-7-15(19)16(20)9-12/h2-9H,10H2,1H3. The lowest BCUT2D eigenvalue weighted by Crippen LogP contribution is -2.06. The topological polar surface area (TPSA) is 17.8 Å². The molecule has 0 unspecified atom stereocenters. The van der Waals surface area contributed by atoms with Gasteiger partial charge < -0.3 is 0 Å². The molecule has 0 atom stereocenters. The Hall–Kier alpha value is -1.98. The second-order valence-electron chi connectivity index (χ2n) is 5.65. The van der Waals surface area contributed by atoms with Crippen LogP contribution in [-0.2, 0) is 12.7 Å². The van der Waals surface area contributed by atoms with Gasteiger partial charge in [-0.1, -0.05) is 41.4 Å². The summed E-state index contributed by atoms with van der Waals surface area (Å²) in [5.41, 5.74) is 2.38. The van der Waals surface area contributed by atoms with Crippen molar-refractivity contribution in [2.24, 2.45) is 0 Å². The van der Waals surface area contributed by atoms with Gasteiger partial charge in [0.15, 0.2) is 0 Å². The highest BCUT2D eigenvalue weighted by atomic mass is 35.5. The molecule has 0 saturated carbocycles. The van der Waals surface area contributed by atoms with Crippen LogP contribution in [0.3, 0.4) is 0 Å². The molecule has 3 aromatic rings. The lowest BCUT2D eigenvalue weighted by molar-refractivity contribution is -0.137. The van der Waals surface area contributed by atoms with Gasteiger partial charge in [-0.05, 0) is 48.4 Å². The maximum atomic E-state index is 12.7. The number of alkyl halides is 3. The van der Waals surface area contributed by atoms with Crippen molar-refractivity contribution in [3.05, 3.63) is 75.4 Å². The van der Waals surface area contributed by atoms with E-state index in [2.05, 4.69) is 5.10 Å². The normalized spacial score (nSPS) is 11.8. The van der Waals surface area contributed by atoms with E-state index in [0.29, 0.717) is 22.2 Å². The summed E-state index contributed by atoms with van der Waals surface area (Å²) in [5, 5.41) is 5.33. The van der Waals surface area contributed by atoms with E-state index >= 15 is 0 Å². The fourth-order valence-corrected chi connectivity index (χ4v) is 2.86. The Morgan fingerprint density at radius 2 is 1.64 bits per heavy atom. The third-order valence-corrected chi connectivity index (χ3v) is 4.47. The molecule has 2 aromatic carbocycles. The number of nitrogens with zero attached hydrogens (tertiary/aromatic N) is 2. The molecular formula is C18H13Cl2F3N2. The number of aryl methyl sites for hydroxylation is 1. The highest BCUT2D eigenvalue weighted by Crippen LogP contribution is 2.31. The first kappa shape index (κ1) is 17.8. The molecule has 130 valence electrons. The molecule has 0 aliphatic carbocycles. The predicted octanol–water partition coefficient (Wildman–Crippen LogP) is 6.23. The lowest BCUT2D eigenvalue weighted by atomic mass is 10.1. The van der Waals surface area contributed by atoms with E-state index < -0.39 is 11.7 Å². The van der Waals surface area contributed by atoms with E-state index in [-0.39, 0.29) is 0 Å². The molecule has 0 radical (unpaired) electrons. The largest absolute Gasteiger partial charge is 0.416 e. The number of benzene rings is 2. The van der Waals surface area contributed by atoms with E-state index in [1.807, 2.05) is 19.1 Å². The van der Waals surface area contributed by atoms with Crippen LogP contribution in [0.2, 0.25) is 10.0 Å². The van der Waals surface area contributed by atoms with Crippen LogP contribution < -0.4 is 0 Å². The summed E-state index contributed by atoms with van der Waals surface area (Å²) >= 11 is 12.0. The van der Waals surface area contributed by atoms with Crippen molar-refractivity contribution in [3.63, 3.8) is 0 Å². The Morgan fingerprint density at radius 3 is 2.24 bits per heavy atom. The second kappa shape index (κ2) is 6.73. The van der Waals surface area contributed by atoms with E-state index in [1.54, 1.807) is 16.8 Å². The first-order valence-corrected chi connectivity index (χ1v) is 8.15. The summed E-state index contributed by atoms with van der Waals surface area (Å²) in [6.07, 6.45) is -4.35. The molecule has 0 aliphatic rings. The Kier molecular flexibility index (Phi) is 4.80. The minimum atomic E-state index is -4.35. The van der Waals surface area contributed by atoms with Gasteiger partial charge in [0, 0.05) is 0 Å². The molecular weight excluding hydrogens is 372 g/mol. The smallest absolute Gasteiger partial charge is 0.260 e. The van der Waals surface area contributed by atoms with Gasteiger partial charge in [0.25, 0.3) is 0 Å². The molecule has 0 saturated heterocycles. The molecule has 1 heterocycles. The zero-order valence-corrected chi connectivity index (χ0v) is 14.6. The Bertz CT molecular complexity index is 900.